The van der Waals surface area contributed by atoms with E-state index in [4.69, 9.17) is 24.1 Å². The summed E-state index contributed by atoms with van der Waals surface area (Å²) < 4.78 is 19.1. The zero-order chi connectivity index (χ0) is 11.7. The third kappa shape index (κ3) is 1.43. The maximum absolute atomic E-state index is 14.3. The minimum Gasteiger partial charge on any atom is -0.394 e. The lowest BCUT2D eigenvalue weighted by Gasteiger charge is -2.31. The molecule has 2 N–H and O–H groups in total. The Bertz CT molecular complexity index is 347. The van der Waals surface area contributed by atoms with E-state index in [0.717, 1.165) is 6.08 Å². The average molecular weight is 208 g/mol. The van der Waals surface area contributed by atoms with E-state index in [9.17, 15) is 9.50 Å². The van der Waals surface area contributed by atoms with Crippen LogP contribution >= 0.6 is 0 Å². The second-order valence-corrected chi connectivity index (χ2v) is 3.26. The van der Waals surface area contributed by atoms with Gasteiger partial charge in [0.15, 0.2) is 11.3 Å². The third-order valence-corrected chi connectivity index (χ3v) is 2.47. The minimum absolute atomic E-state index is 0.634. The summed E-state index contributed by atoms with van der Waals surface area (Å²) in [5, 5.41) is 18.8. The van der Waals surface area contributed by atoms with Gasteiger partial charge in [-0.15, -0.1) is 12.2 Å². The molecule has 1 saturated heterocycles. The summed E-state index contributed by atoms with van der Waals surface area (Å²) in [4.78, 5) is 0. The second-order valence-electron chi connectivity index (χ2n) is 3.26. The molecule has 78 valence electrons. The number of alkyl halides is 1. The molecule has 0 aliphatic carbocycles. The maximum atomic E-state index is 14.3. The van der Waals surface area contributed by atoms with Crippen LogP contribution in [0.15, 0.2) is 18.4 Å². The van der Waals surface area contributed by atoms with Crippen molar-refractivity contribution >= 4 is 7.85 Å². The van der Waals surface area contributed by atoms with Crippen LogP contribution in [0.3, 0.4) is 0 Å². The van der Waals surface area contributed by atoms with Crippen LogP contribution in [0, 0.1) is 12.3 Å². The van der Waals surface area contributed by atoms with E-state index in [2.05, 4.69) is 12.3 Å². The molecule has 0 spiro atoms. The maximum Gasteiger partial charge on any atom is 0.196 e. The summed E-state index contributed by atoms with van der Waals surface area (Å²) in [6.07, 6.45) is 4.59. The summed E-state index contributed by atoms with van der Waals surface area (Å²) in [5.41, 5.74) is -2.65. The number of rotatable bonds is 2. The molecule has 1 fully saturated rings. The summed E-state index contributed by atoms with van der Waals surface area (Å²) in [5.74, 6) is 1.86. The van der Waals surface area contributed by atoms with Gasteiger partial charge in [-0.1, -0.05) is 12.5 Å². The Balaban J connectivity index is 3.27. The Labute approximate surface area is 88.7 Å². The topological polar surface area (TPSA) is 49.7 Å². The Morgan fingerprint density at radius 2 is 2.33 bits per heavy atom. The van der Waals surface area contributed by atoms with Crippen LogP contribution in [0.25, 0.3) is 0 Å². The van der Waals surface area contributed by atoms with E-state index in [-0.39, 0.29) is 0 Å². The number of aliphatic hydroxyl groups excluding tert-OH is 1. The minimum atomic E-state index is -2.50. The van der Waals surface area contributed by atoms with Gasteiger partial charge >= 0.3 is 0 Å². The highest BCUT2D eigenvalue weighted by atomic mass is 19.1. The molecule has 0 aromatic rings. The van der Waals surface area contributed by atoms with Gasteiger partial charge in [-0.3, -0.25) is 0 Å². The van der Waals surface area contributed by atoms with E-state index in [1.807, 2.05) is 5.92 Å². The molecule has 2 radical (unpaired) electrons. The Hall–Kier alpha value is -1.05. The SMILES string of the molecule is [B][C@@H]1O[C@H](CO)C(O)(C#C)C1(F)C=C=C. The van der Waals surface area contributed by atoms with Crippen LogP contribution in [0.4, 0.5) is 4.39 Å². The Kier molecular flexibility index (Phi) is 3.08. The number of aliphatic hydroxyl groups is 2. The lowest BCUT2D eigenvalue weighted by Crippen LogP contribution is -2.55. The van der Waals surface area contributed by atoms with Crippen LogP contribution in [-0.2, 0) is 4.74 Å². The van der Waals surface area contributed by atoms with Gasteiger partial charge in [0.25, 0.3) is 0 Å². The fourth-order valence-electron chi connectivity index (χ4n) is 1.56. The van der Waals surface area contributed by atoms with Crippen molar-refractivity contribution in [3.63, 3.8) is 0 Å². The highest BCUT2D eigenvalue weighted by Crippen LogP contribution is 2.42. The van der Waals surface area contributed by atoms with Gasteiger partial charge in [0.1, 0.15) is 14.0 Å². The lowest BCUT2D eigenvalue weighted by molar-refractivity contribution is -0.0526. The van der Waals surface area contributed by atoms with Crippen LogP contribution in [-0.4, -0.2) is 48.0 Å². The highest BCUT2D eigenvalue weighted by Gasteiger charge is 2.63. The molecule has 1 rings (SSSR count). The number of terminal acetylenes is 1. The quantitative estimate of drug-likeness (QED) is 0.358. The molecule has 1 aliphatic rings. The molecule has 3 nitrogen and oxygen atoms in total. The van der Waals surface area contributed by atoms with Crippen LogP contribution in [0.1, 0.15) is 0 Å². The van der Waals surface area contributed by atoms with Crippen molar-refractivity contribution in [2.45, 2.75) is 23.4 Å². The van der Waals surface area contributed by atoms with Gasteiger partial charge < -0.3 is 14.9 Å². The molecule has 0 saturated carbocycles. The number of ether oxygens (including phenoxy) is 1. The Morgan fingerprint density at radius 3 is 2.73 bits per heavy atom. The van der Waals surface area contributed by atoms with E-state index in [1.165, 1.54) is 0 Å². The van der Waals surface area contributed by atoms with Crippen molar-refractivity contribution < 1.29 is 19.3 Å². The zero-order valence-electron chi connectivity index (χ0n) is 7.98. The molecular weight excluding hydrogens is 198 g/mol. The average Bonchev–Trinajstić information content (AvgIpc) is 2.41. The van der Waals surface area contributed by atoms with Crippen molar-refractivity contribution in [1.29, 1.82) is 0 Å². The number of hydrogen-bond acceptors (Lipinski definition) is 3. The second kappa shape index (κ2) is 3.84. The first-order valence-corrected chi connectivity index (χ1v) is 4.24. The van der Waals surface area contributed by atoms with Gasteiger partial charge in [0.05, 0.1) is 12.6 Å². The van der Waals surface area contributed by atoms with Crippen molar-refractivity contribution in [3.8, 4) is 12.3 Å². The molecule has 0 bridgehead atoms. The monoisotopic (exact) mass is 208 g/mol. The third-order valence-electron chi connectivity index (χ3n) is 2.47. The predicted octanol–water partition coefficient (Wildman–Crippen LogP) is -0.714. The van der Waals surface area contributed by atoms with Gasteiger partial charge in [-0.05, 0) is 6.08 Å². The molecule has 1 heterocycles. The molecule has 2 unspecified atom stereocenters. The molecule has 0 aromatic carbocycles. The number of halogens is 1. The molecule has 1 aliphatic heterocycles. The molecule has 5 heteroatoms. The first kappa shape index (κ1) is 12.0. The van der Waals surface area contributed by atoms with E-state index < -0.39 is 30.0 Å². The fraction of sp³-hybridized carbons (Fsp3) is 0.500. The molecule has 0 aromatic heterocycles. The van der Waals surface area contributed by atoms with Crippen molar-refractivity contribution in [1.82, 2.24) is 0 Å². The van der Waals surface area contributed by atoms with Crippen molar-refractivity contribution in [3.05, 3.63) is 18.4 Å². The van der Waals surface area contributed by atoms with Gasteiger partial charge in [0, 0.05) is 0 Å². The van der Waals surface area contributed by atoms with Crippen LogP contribution < -0.4 is 0 Å². The fourth-order valence-corrected chi connectivity index (χ4v) is 1.56. The Morgan fingerprint density at radius 1 is 1.73 bits per heavy atom. The summed E-state index contributed by atoms with van der Waals surface area (Å²) in [7, 11) is 5.35. The van der Waals surface area contributed by atoms with E-state index in [0.29, 0.717) is 0 Å². The zero-order valence-corrected chi connectivity index (χ0v) is 7.98. The summed E-state index contributed by atoms with van der Waals surface area (Å²) in [6, 6.07) is -1.47. The smallest absolute Gasteiger partial charge is 0.196 e. The van der Waals surface area contributed by atoms with Crippen molar-refractivity contribution in [2.24, 2.45) is 0 Å². The van der Waals surface area contributed by atoms with E-state index in [1.54, 1.807) is 0 Å². The standard InChI is InChI=1S/C10H10BFO3/c1-3-5-9(12)8(11)15-7(6-13)10(9,14)4-2/h2,5,7-8,13-14H,1,6H2/t7-,8-,9?,10?/m1/s1. The molecule has 15 heavy (non-hydrogen) atoms. The van der Waals surface area contributed by atoms with Gasteiger partial charge in [0.2, 0.25) is 0 Å². The number of hydrogen-bond donors (Lipinski definition) is 2. The van der Waals surface area contributed by atoms with Gasteiger partial charge in [-0.25, -0.2) is 4.39 Å². The normalized spacial score (nSPS) is 44.4. The first-order valence-electron chi connectivity index (χ1n) is 4.24. The van der Waals surface area contributed by atoms with E-state index >= 15 is 0 Å². The first-order chi connectivity index (χ1) is 6.96. The van der Waals surface area contributed by atoms with Crippen LogP contribution in [0.5, 0.6) is 0 Å². The molecular formula is C10H10BFO3. The van der Waals surface area contributed by atoms with Crippen LogP contribution in [0.2, 0.25) is 0 Å². The highest BCUT2D eigenvalue weighted by molar-refractivity contribution is 6.12. The molecule has 0 amide bonds. The molecule has 4 atom stereocenters. The summed E-state index contributed by atoms with van der Waals surface area (Å²) in [6.45, 7) is 2.55. The largest absolute Gasteiger partial charge is 0.394 e. The van der Waals surface area contributed by atoms with Gasteiger partial charge in [-0.2, -0.15) is 0 Å². The lowest BCUT2D eigenvalue weighted by atomic mass is 9.74. The van der Waals surface area contributed by atoms with Crippen molar-refractivity contribution in [2.75, 3.05) is 6.61 Å². The predicted molar refractivity (Wildman–Crippen MR) is 52.8 cm³/mol. The summed E-state index contributed by atoms with van der Waals surface area (Å²) >= 11 is 0.